The highest BCUT2D eigenvalue weighted by Gasteiger charge is 2.20. The maximum absolute atomic E-state index is 13.0. The topological polar surface area (TPSA) is 50.2 Å². The van der Waals surface area contributed by atoms with Crippen LogP contribution in [0.5, 0.6) is 0 Å². The zero-order valence-corrected chi connectivity index (χ0v) is 16.8. The highest BCUT2D eigenvalue weighted by molar-refractivity contribution is 5.84. The molecule has 0 amide bonds. The minimum absolute atomic E-state index is 0.0177. The quantitative estimate of drug-likeness (QED) is 0.660. The van der Waals surface area contributed by atoms with E-state index in [9.17, 15) is 4.79 Å². The number of nitrogens with one attached hydrogen (secondary N) is 1. The smallest absolute Gasteiger partial charge is 0.277 e. The average molecular weight is 351 g/mol. The van der Waals surface area contributed by atoms with Gasteiger partial charge in [-0.2, -0.15) is 9.61 Å². The first-order valence-electron chi connectivity index (χ1n) is 9.54. The number of nitrogens with zero attached hydrogens (tertiary/aromatic N) is 2. The molecule has 0 fully saturated rings. The van der Waals surface area contributed by atoms with Crippen molar-refractivity contribution in [3.05, 3.63) is 56.1 Å². The van der Waals surface area contributed by atoms with Crippen LogP contribution in [0.4, 0.5) is 0 Å². The highest BCUT2D eigenvalue weighted by atomic mass is 16.1. The highest BCUT2D eigenvalue weighted by Crippen LogP contribution is 2.33. The first kappa shape index (κ1) is 18.4. The molecule has 3 aromatic rings. The van der Waals surface area contributed by atoms with Crippen LogP contribution in [-0.4, -0.2) is 14.6 Å². The van der Waals surface area contributed by atoms with Gasteiger partial charge in [-0.1, -0.05) is 37.5 Å². The number of hydrogen-bond acceptors (Lipinski definition) is 2. The number of aromatic nitrogens is 3. The largest absolute Gasteiger partial charge is 0.343 e. The van der Waals surface area contributed by atoms with Crippen molar-refractivity contribution in [2.45, 2.75) is 67.2 Å². The number of aryl methyl sites for hydroxylation is 5. The molecule has 26 heavy (non-hydrogen) atoms. The Morgan fingerprint density at radius 2 is 1.65 bits per heavy atom. The minimum atomic E-state index is 0.0177. The zero-order valence-electron chi connectivity index (χ0n) is 16.8. The van der Waals surface area contributed by atoms with E-state index in [1.165, 1.54) is 22.3 Å². The van der Waals surface area contributed by atoms with Gasteiger partial charge in [0.1, 0.15) is 5.65 Å². The lowest BCUT2D eigenvalue weighted by Crippen LogP contribution is -2.22. The van der Waals surface area contributed by atoms with Crippen LogP contribution in [0.2, 0.25) is 0 Å². The molecule has 0 saturated heterocycles. The van der Waals surface area contributed by atoms with Crippen molar-refractivity contribution in [1.29, 1.82) is 0 Å². The molecular weight excluding hydrogens is 322 g/mol. The Morgan fingerprint density at radius 3 is 2.27 bits per heavy atom. The molecular formula is C22H29N3O. The number of rotatable bonds is 5. The fourth-order valence-electron chi connectivity index (χ4n) is 4.05. The van der Waals surface area contributed by atoms with Gasteiger partial charge in [0.2, 0.25) is 0 Å². The van der Waals surface area contributed by atoms with Crippen molar-refractivity contribution in [3.8, 4) is 11.1 Å². The third-order valence-corrected chi connectivity index (χ3v) is 5.23. The van der Waals surface area contributed by atoms with E-state index in [0.29, 0.717) is 0 Å². The molecule has 0 aliphatic carbocycles. The number of H-pyrrole nitrogens is 1. The summed E-state index contributed by atoms with van der Waals surface area (Å²) in [5.41, 5.74) is 9.43. The summed E-state index contributed by atoms with van der Waals surface area (Å²) >= 11 is 0. The lowest BCUT2D eigenvalue weighted by molar-refractivity contribution is 0.701. The molecule has 0 atom stereocenters. The van der Waals surface area contributed by atoms with Gasteiger partial charge >= 0.3 is 0 Å². The second kappa shape index (κ2) is 7.10. The molecule has 1 N–H and O–H groups in total. The lowest BCUT2D eigenvalue weighted by Gasteiger charge is -2.12. The number of aromatic amines is 1. The summed E-state index contributed by atoms with van der Waals surface area (Å²) in [7, 11) is 0. The van der Waals surface area contributed by atoms with Crippen LogP contribution in [0.15, 0.2) is 16.9 Å². The van der Waals surface area contributed by atoms with Crippen molar-refractivity contribution >= 4 is 5.65 Å². The number of fused-ring (bicyclic) bond motifs is 1. The Kier molecular flexibility index (Phi) is 5.03. The van der Waals surface area contributed by atoms with Crippen LogP contribution in [0, 0.1) is 34.6 Å². The van der Waals surface area contributed by atoms with E-state index >= 15 is 0 Å². The zero-order chi connectivity index (χ0) is 19.0. The van der Waals surface area contributed by atoms with E-state index in [-0.39, 0.29) is 5.56 Å². The summed E-state index contributed by atoms with van der Waals surface area (Å²) in [5.74, 6) is 0. The van der Waals surface area contributed by atoms with Crippen molar-refractivity contribution in [3.63, 3.8) is 0 Å². The average Bonchev–Trinajstić information content (AvgIpc) is 2.87. The van der Waals surface area contributed by atoms with E-state index in [2.05, 4.69) is 49.9 Å². The molecule has 0 saturated carbocycles. The number of unbranched alkanes of at least 4 members (excludes halogenated alkanes) is 2. The summed E-state index contributed by atoms with van der Waals surface area (Å²) in [4.78, 5) is 16.5. The minimum Gasteiger partial charge on any atom is -0.343 e. The molecule has 3 rings (SSSR count). The molecule has 0 bridgehead atoms. The van der Waals surface area contributed by atoms with E-state index in [4.69, 9.17) is 0 Å². The van der Waals surface area contributed by atoms with Crippen LogP contribution in [0.3, 0.4) is 0 Å². The van der Waals surface area contributed by atoms with Crippen LogP contribution in [0.25, 0.3) is 16.8 Å². The normalized spacial score (nSPS) is 11.5. The summed E-state index contributed by atoms with van der Waals surface area (Å²) in [6.07, 6.45) is 4.13. The molecule has 4 heteroatoms. The summed E-state index contributed by atoms with van der Waals surface area (Å²) in [5, 5.41) is 4.60. The third-order valence-electron chi connectivity index (χ3n) is 5.23. The first-order chi connectivity index (χ1) is 12.3. The SMILES string of the molecule is CCCCCc1c(C)[nH]c2c(-c3c(C)cc(C)cc3C)c(C)nn2c1=O. The van der Waals surface area contributed by atoms with Crippen LogP contribution in [-0.2, 0) is 6.42 Å². The van der Waals surface area contributed by atoms with Crippen molar-refractivity contribution in [2.24, 2.45) is 0 Å². The van der Waals surface area contributed by atoms with E-state index in [0.717, 1.165) is 53.8 Å². The van der Waals surface area contributed by atoms with Gasteiger partial charge in [0.25, 0.3) is 5.56 Å². The van der Waals surface area contributed by atoms with Gasteiger partial charge in [-0.25, -0.2) is 0 Å². The van der Waals surface area contributed by atoms with Gasteiger partial charge in [0, 0.05) is 16.8 Å². The molecule has 0 radical (unpaired) electrons. The summed E-state index contributed by atoms with van der Waals surface area (Å²) in [6, 6.07) is 4.38. The fourth-order valence-corrected chi connectivity index (χ4v) is 4.05. The molecule has 4 nitrogen and oxygen atoms in total. The Morgan fingerprint density at radius 1 is 1.00 bits per heavy atom. The Bertz CT molecular complexity index is 1000. The lowest BCUT2D eigenvalue weighted by atomic mass is 9.94. The monoisotopic (exact) mass is 351 g/mol. The molecule has 2 heterocycles. The first-order valence-corrected chi connectivity index (χ1v) is 9.54. The maximum Gasteiger partial charge on any atom is 0.277 e. The van der Waals surface area contributed by atoms with Gasteiger partial charge in [0.05, 0.1) is 5.69 Å². The van der Waals surface area contributed by atoms with Gasteiger partial charge < -0.3 is 4.98 Å². The predicted molar refractivity (Wildman–Crippen MR) is 108 cm³/mol. The summed E-state index contributed by atoms with van der Waals surface area (Å²) < 4.78 is 1.57. The van der Waals surface area contributed by atoms with Crippen molar-refractivity contribution in [1.82, 2.24) is 14.6 Å². The van der Waals surface area contributed by atoms with Crippen molar-refractivity contribution < 1.29 is 0 Å². The molecule has 0 spiro atoms. The second-order valence-corrected chi connectivity index (χ2v) is 7.49. The van der Waals surface area contributed by atoms with Gasteiger partial charge in [-0.3, -0.25) is 4.79 Å². The Balaban J connectivity index is 2.24. The standard InChI is InChI=1S/C22H29N3O/c1-7-8-9-10-18-16(5)23-21-20(17(6)24-25(21)22(18)26)19-14(3)11-13(2)12-15(19)4/h11-12,23H,7-10H2,1-6H3. The number of benzene rings is 1. The Hall–Kier alpha value is -2.36. The molecule has 0 aliphatic heterocycles. The Labute approximate surface area is 155 Å². The van der Waals surface area contributed by atoms with Gasteiger partial charge in [-0.15, -0.1) is 0 Å². The van der Waals surface area contributed by atoms with Crippen molar-refractivity contribution in [2.75, 3.05) is 0 Å². The molecule has 0 unspecified atom stereocenters. The molecule has 0 aliphatic rings. The van der Waals surface area contributed by atoms with Gasteiger partial charge in [-0.05, 0) is 64.2 Å². The van der Waals surface area contributed by atoms with Gasteiger partial charge in [0.15, 0.2) is 0 Å². The third kappa shape index (κ3) is 3.09. The number of hydrogen-bond donors (Lipinski definition) is 1. The van der Waals surface area contributed by atoms with Crippen LogP contribution in [0.1, 0.15) is 59.8 Å². The molecule has 1 aromatic carbocycles. The second-order valence-electron chi connectivity index (χ2n) is 7.49. The molecule has 2 aromatic heterocycles. The fraction of sp³-hybridized carbons (Fsp3) is 0.455. The maximum atomic E-state index is 13.0. The summed E-state index contributed by atoms with van der Waals surface area (Å²) in [6.45, 7) is 12.5. The van der Waals surface area contributed by atoms with Crippen LogP contribution < -0.4 is 5.56 Å². The predicted octanol–water partition coefficient (Wildman–Crippen LogP) is 4.96. The molecule has 138 valence electrons. The van der Waals surface area contributed by atoms with E-state index < -0.39 is 0 Å². The van der Waals surface area contributed by atoms with E-state index in [1.807, 2.05) is 13.8 Å². The van der Waals surface area contributed by atoms with E-state index in [1.54, 1.807) is 4.52 Å². The van der Waals surface area contributed by atoms with Crippen LogP contribution >= 0.6 is 0 Å².